The van der Waals surface area contributed by atoms with E-state index in [0.29, 0.717) is 19.5 Å². The van der Waals surface area contributed by atoms with Gasteiger partial charge in [-0.1, -0.05) is 42.5 Å². The van der Waals surface area contributed by atoms with Crippen LogP contribution in [0.1, 0.15) is 28.1 Å². The molecule has 0 saturated heterocycles. The summed E-state index contributed by atoms with van der Waals surface area (Å²) in [4.78, 5) is 16.7. The quantitative estimate of drug-likeness (QED) is 0.517. The van der Waals surface area contributed by atoms with Gasteiger partial charge in [0.2, 0.25) is 5.91 Å². The van der Waals surface area contributed by atoms with Gasteiger partial charge in [0.15, 0.2) is 0 Å². The largest absolute Gasteiger partial charge is 0.352 e. The van der Waals surface area contributed by atoms with Crippen molar-refractivity contribution in [1.82, 2.24) is 29.9 Å². The average molecular weight is 400 g/mol. The van der Waals surface area contributed by atoms with Gasteiger partial charge < -0.3 is 5.32 Å². The third-order valence-corrected chi connectivity index (χ3v) is 5.17. The first kappa shape index (κ1) is 19.6. The zero-order valence-electron chi connectivity index (χ0n) is 17.1. The molecule has 0 aliphatic rings. The molecule has 2 aromatic carbocycles. The van der Waals surface area contributed by atoms with E-state index in [1.165, 1.54) is 6.33 Å². The van der Waals surface area contributed by atoms with E-state index in [1.54, 1.807) is 11.0 Å². The number of hydrogen-bond acceptors (Lipinski definition) is 4. The molecule has 2 heterocycles. The van der Waals surface area contributed by atoms with Crippen molar-refractivity contribution in [3.8, 4) is 5.69 Å². The number of rotatable bonds is 7. The van der Waals surface area contributed by atoms with E-state index in [9.17, 15) is 4.79 Å². The van der Waals surface area contributed by atoms with Gasteiger partial charge in [-0.25, -0.2) is 14.3 Å². The highest BCUT2D eigenvalue weighted by Crippen LogP contribution is 2.18. The van der Waals surface area contributed by atoms with E-state index in [4.69, 9.17) is 0 Å². The lowest BCUT2D eigenvalue weighted by Crippen LogP contribution is -2.25. The molecule has 4 rings (SSSR count). The molecule has 0 aliphatic carbocycles. The number of hydrogen-bond donors (Lipinski definition) is 1. The Kier molecular flexibility index (Phi) is 5.70. The molecule has 1 amide bonds. The summed E-state index contributed by atoms with van der Waals surface area (Å²) < 4.78 is 3.66. The Bertz CT molecular complexity index is 1130. The number of carbonyl (C=O) groups excluding carboxylic acids is 1. The lowest BCUT2D eigenvalue weighted by atomic mass is 10.1. The van der Waals surface area contributed by atoms with Crippen molar-refractivity contribution in [1.29, 1.82) is 0 Å². The van der Waals surface area contributed by atoms with Crippen molar-refractivity contribution in [3.63, 3.8) is 0 Å². The highest BCUT2D eigenvalue weighted by Gasteiger charge is 2.16. The van der Waals surface area contributed by atoms with Crippen molar-refractivity contribution >= 4 is 5.91 Å². The van der Waals surface area contributed by atoms with Gasteiger partial charge in [-0.2, -0.15) is 10.2 Å². The van der Waals surface area contributed by atoms with Crippen molar-refractivity contribution < 1.29 is 4.79 Å². The van der Waals surface area contributed by atoms with Crippen LogP contribution in [0.4, 0.5) is 0 Å². The Morgan fingerprint density at radius 3 is 2.47 bits per heavy atom. The van der Waals surface area contributed by atoms with E-state index < -0.39 is 0 Å². The smallest absolute Gasteiger partial charge is 0.224 e. The summed E-state index contributed by atoms with van der Waals surface area (Å²) in [6.07, 6.45) is 3.51. The fraction of sp³-hybridized carbons (Fsp3) is 0.217. The molecule has 30 heavy (non-hydrogen) atoms. The van der Waals surface area contributed by atoms with Crippen molar-refractivity contribution in [3.05, 3.63) is 95.3 Å². The number of amides is 1. The minimum absolute atomic E-state index is 0.0237. The van der Waals surface area contributed by atoms with Crippen molar-refractivity contribution in [2.75, 3.05) is 0 Å². The number of nitrogens with one attached hydrogen (secondary N) is 1. The first-order valence-corrected chi connectivity index (χ1v) is 9.88. The van der Waals surface area contributed by atoms with Crippen LogP contribution in [-0.2, 0) is 24.3 Å². The highest BCUT2D eigenvalue weighted by molar-refractivity contribution is 5.79. The predicted molar refractivity (Wildman–Crippen MR) is 114 cm³/mol. The topological polar surface area (TPSA) is 77.6 Å². The molecule has 0 saturated carbocycles. The Labute approximate surface area is 175 Å². The van der Waals surface area contributed by atoms with E-state index in [2.05, 4.69) is 20.5 Å². The molecule has 0 unspecified atom stereocenters. The van der Waals surface area contributed by atoms with Crippen LogP contribution in [0.2, 0.25) is 0 Å². The van der Waals surface area contributed by atoms with Crippen LogP contribution < -0.4 is 5.32 Å². The number of nitrogens with zero attached hydrogens (tertiary/aromatic N) is 5. The molecule has 0 spiro atoms. The summed E-state index contributed by atoms with van der Waals surface area (Å²) in [5.41, 5.74) is 5.99. The Balaban J connectivity index is 1.44. The normalized spacial score (nSPS) is 10.9. The van der Waals surface area contributed by atoms with Gasteiger partial charge in [-0.3, -0.25) is 4.79 Å². The minimum Gasteiger partial charge on any atom is -0.352 e. The van der Waals surface area contributed by atoms with Gasteiger partial charge in [0.25, 0.3) is 0 Å². The molecule has 152 valence electrons. The molecular formula is C23H24N6O. The van der Waals surface area contributed by atoms with Gasteiger partial charge in [0.05, 0.1) is 24.3 Å². The first-order chi connectivity index (χ1) is 14.6. The van der Waals surface area contributed by atoms with Crippen LogP contribution in [0.25, 0.3) is 5.69 Å². The standard InChI is InChI=1S/C23H24N6O/c1-17-22(18(2)29(27-17)21-10-4-3-5-11-21)12-23(30)25-13-19-8-6-7-9-20(19)14-28-16-24-15-26-28/h3-11,15-16H,12-14H2,1-2H3,(H,25,30). The maximum absolute atomic E-state index is 12.7. The van der Waals surface area contributed by atoms with Crippen molar-refractivity contribution in [2.24, 2.45) is 0 Å². The SMILES string of the molecule is Cc1nn(-c2ccccc2)c(C)c1CC(=O)NCc1ccccc1Cn1cncn1. The second-order valence-electron chi connectivity index (χ2n) is 7.21. The van der Waals surface area contributed by atoms with E-state index in [1.807, 2.05) is 73.1 Å². The average Bonchev–Trinajstić information content (AvgIpc) is 3.37. The molecule has 0 bridgehead atoms. The molecule has 7 nitrogen and oxygen atoms in total. The van der Waals surface area contributed by atoms with Gasteiger partial charge in [-0.15, -0.1) is 0 Å². The van der Waals surface area contributed by atoms with Crippen LogP contribution in [0.5, 0.6) is 0 Å². The van der Waals surface area contributed by atoms with E-state index in [-0.39, 0.29) is 5.91 Å². The molecule has 1 N–H and O–H groups in total. The second-order valence-corrected chi connectivity index (χ2v) is 7.21. The maximum Gasteiger partial charge on any atom is 0.224 e. The minimum atomic E-state index is -0.0237. The Hall–Kier alpha value is -3.74. The number of carbonyl (C=O) groups is 1. The molecular weight excluding hydrogens is 376 g/mol. The van der Waals surface area contributed by atoms with E-state index >= 15 is 0 Å². The van der Waals surface area contributed by atoms with E-state index in [0.717, 1.165) is 33.8 Å². The molecule has 0 radical (unpaired) electrons. The summed E-state index contributed by atoms with van der Waals surface area (Å²) in [7, 11) is 0. The van der Waals surface area contributed by atoms with Crippen LogP contribution in [-0.4, -0.2) is 30.5 Å². The third-order valence-electron chi connectivity index (χ3n) is 5.17. The second kappa shape index (κ2) is 8.73. The first-order valence-electron chi connectivity index (χ1n) is 9.88. The predicted octanol–water partition coefficient (Wildman–Crippen LogP) is 2.99. The van der Waals surface area contributed by atoms with Gasteiger partial charge >= 0.3 is 0 Å². The lowest BCUT2D eigenvalue weighted by Gasteiger charge is -2.11. The third kappa shape index (κ3) is 4.30. The monoisotopic (exact) mass is 400 g/mol. The van der Waals surface area contributed by atoms with Gasteiger partial charge in [0, 0.05) is 17.8 Å². The number of aromatic nitrogens is 5. The number of benzene rings is 2. The Morgan fingerprint density at radius 1 is 1.00 bits per heavy atom. The summed E-state index contributed by atoms with van der Waals surface area (Å²) in [5.74, 6) is -0.0237. The fourth-order valence-corrected chi connectivity index (χ4v) is 3.54. The zero-order valence-corrected chi connectivity index (χ0v) is 17.1. The molecule has 2 aromatic heterocycles. The summed E-state index contributed by atoms with van der Waals surface area (Å²) in [5, 5.41) is 11.8. The van der Waals surface area contributed by atoms with Gasteiger partial charge in [-0.05, 0) is 37.1 Å². The summed E-state index contributed by atoms with van der Waals surface area (Å²) >= 11 is 0. The van der Waals surface area contributed by atoms with Crippen LogP contribution in [0.3, 0.4) is 0 Å². The van der Waals surface area contributed by atoms with Gasteiger partial charge in [0.1, 0.15) is 12.7 Å². The van der Waals surface area contributed by atoms with Crippen LogP contribution >= 0.6 is 0 Å². The van der Waals surface area contributed by atoms with Crippen LogP contribution in [0, 0.1) is 13.8 Å². The molecule has 4 aromatic rings. The number of para-hydroxylation sites is 1. The highest BCUT2D eigenvalue weighted by atomic mass is 16.1. The molecule has 0 aliphatic heterocycles. The summed E-state index contributed by atoms with van der Waals surface area (Å²) in [6, 6.07) is 18.0. The molecule has 0 atom stereocenters. The molecule has 0 fully saturated rings. The Morgan fingerprint density at radius 2 is 1.73 bits per heavy atom. The fourth-order valence-electron chi connectivity index (χ4n) is 3.54. The maximum atomic E-state index is 12.7. The summed E-state index contributed by atoms with van der Waals surface area (Å²) in [6.45, 7) is 5.04. The number of aryl methyl sites for hydroxylation is 1. The zero-order chi connectivity index (χ0) is 20.9. The lowest BCUT2D eigenvalue weighted by molar-refractivity contribution is -0.120. The molecule has 7 heteroatoms. The van der Waals surface area contributed by atoms with Crippen molar-refractivity contribution in [2.45, 2.75) is 33.4 Å². The van der Waals surface area contributed by atoms with Crippen LogP contribution in [0.15, 0.2) is 67.3 Å².